The van der Waals surface area contributed by atoms with E-state index in [-0.39, 0.29) is 36.9 Å². The molecule has 1 aromatic rings. The number of rotatable bonds is 6. The molecule has 0 spiro atoms. The molecule has 94 valence electrons. The van der Waals surface area contributed by atoms with Gasteiger partial charge in [0, 0.05) is 19.3 Å². The molecule has 6 nitrogen and oxygen atoms in total. The van der Waals surface area contributed by atoms with Gasteiger partial charge in [-0.2, -0.15) is 0 Å². The summed E-state index contributed by atoms with van der Waals surface area (Å²) in [5.41, 5.74) is -0.00769. The number of aromatic nitrogens is 1. The standard InChI is InChI=1S/C10H13ClN2O4/c11-8-5-7(10(16)17)6-12-9(8)13(1-3-14)2-4-15/h5-6,14-15H,1-4H2,(H,16,17). The third-order valence-corrected chi connectivity index (χ3v) is 2.39. The lowest BCUT2D eigenvalue weighted by Gasteiger charge is -2.22. The highest BCUT2D eigenvalue weighted by Crippen LogP contribution is 2.23. The molecule has 1 aromatic heterocycles. The van der Waals surface area contributed by atoms with Crippen LogP contribution in [0, 0.1) is 0 Å². The Balaban J connectivity index is 2.99. The third-order valence-electron chi connectivity index (χ3n) is 2.11. The van der Waals surface area contributed by atoms with Crippen molar-refractivity contribution in [1.29, 1.82) is 0 Å². The molecule has 0 saturated heterocycles. The summed E-state index contributed by atoms with van der Waals surface area (Å²) < 4.78 is 0. The molecule has 0 aliphatic heterocycles. The molecule has 0 bridgehead atoms. The van der Waals surface area contributed by atoms with Crippen molar-refractivity contribution >= 4 is 23.4 Å². The Bertz CT molecular complexity index is 394. The zero-order valence-electron chi connectivity index (χ0n) is 9.01. The molecule has 0 amide bonds. The number of aliphatic hydroxyl groups is 2. The SMILES string of the molecule is O=C(O)c1cnc(N(CCO)CCO)c(Cl)c1. The van der Waals surface area contributed by atoms with Crippen LogP contribution in [-0.2, 0) is 0 Å². The van der Waals surface area contributed by atoms with Crippen molar-refractivity contribution in [3.63, 3.8) is 0 Å². The maximum absolute atomic E-state index is 10.7. The molecular formula is C10H13ClN2O4. The Hall–Kier alpha value is -1.37. The van der Waals surface area contributed by atoms with Crippen LogP contribution in [0.2, 0.25) is 5.02 Å². The number of hydrogen-bond acceptors (Lipinski definition) is 5. The fraction of sp³-hybridized carbons (Fsp3) is 0.400. The second-order valence-electron chi connectivity index (χ2n) is 3.27. The highest BCUT2D eigenvalue weighted by molar-refractivity contribution is 6.33. The molecule has 0 unspecified atom stereocenters. The van der Waals surface area contributed by atoms with Crippen molar-refractivity contribution in [3.8, 4) is 0 Å². The van der Waals surface area contributed by atoms with Crippen molar-refractivity contribution in [2.24, 2.45) is 0 Å². The smallest absolute Gasteiger partial charge is 0.337 e. The molecule has 1 rings (SSSR count). The lowest BCUT2D eigenvalue weighted by molar-refractivity contribution is 0.0696. The van der Waals surface area contributed by atoms with Gasteiger partial charge in [0.2, 0.25) is 0 Å². The van der Waals surface area contributed by atoms with Crippen molar-refractivity contribution in [2.45, 2.75) is 0 Å². The van der Waals surface area contributed by atoms with Gasteiger partial charge in [0.25, 0.3) is 0 Å². The van der Waals surface area contributed by atoms with Gasteiger partial charge in [-0.05, 0) is 6.07 Å². The predicted octanol–water partition coefficient (Wildman–Crippen LogP) is 0.224. The molecule has 0 saturated carbocycles. The first-order chi connectivity index (χ1) is 8.10. The van der Waals surface area contributed by atoms with Crippen LogP contribution in [-0.4, -0.2) is 52.6 Å². The van der Waals surface area contributed by atoms with E-state index in [4.69, 9.17) is 26.9 Å². The highest BCUT2D eigenvalue weighted by Gasteiger charge is 2.13. The number of hydrogen-bond donors (Lipinski definition) is 3. The second kappa shape index (κ2) is 6.39. The number of carbonyl (C=O) groups is 1. The Kier molecular flexibility index (Phi) is 5.14. The number of carboxylic acids is 1. The van der Waals surface area contributed by atoms with Gasteiger partial charge >= 0.3 is 5.97 Å². The summed E-state index contributed by atoms with van der Waals surface area (Å²) in [6, 6.07) is 1.29. The van der Waals surface area contributed by atoms with E-state index < -0.39 is 5.97 Å². The van der Waals surface area contributed by atoms with Crippen molar-refractivity contribution in [3.05, 3.63) is 22.8 Å². The maximum atomic E-state index is 10.7. The molecule has 0 fully saturated rings. The molecule has 0 aliphatic carbocycles. The van der Waals surface area contributed by atoms with Gasteiger partial charge in [-0.3, -0.25) is 0 Å². The van der Waals surface area contributed by atoms with Crippen LogP contribution in [0.1, 0.15) is 10.4 Å². The Morgan fingerprint density at radius 3 is 2.35 bits per heavy atom. The first-order valence-electron chi connectivity index (χ1n) is 4.95. The highest BCUT2D eigenvalue weighted by atomic mass is 35.5. The number of halogens is 1. The molecule has 0 atom stereocenters. The number of carboxylic acid groups (broad SMARTS) is 1. The number of nitrogens with zero attached hydrogens (tertiary/aromatic N) is 2. The van der Waals surface area contributed by atoms with Crippen LogP contribution in [0.15, 0.2) is 12.3 Å². The van der Waals surface area contributed by atoms with Gasteiger partial charge in [0.1, 0.15) is 5.82 Å². The monoisotopic (exact) mass is 260 g/mol. The molecule has 0 aromatic carbocycles. The van der Waals surface area contributed by atoms with Gasteiger partial charge in [-0.1, -0.05) is 11.6 Å². The molecule has 0 radical (unpaired) electrons. The fourth-order valence-electron chi connectivity index (χ4n) is 1.35. The summed E-state index contributed by atoms with van der Waals surface area (Å²) in [7, 11) is 0. The molecule has 7 heteroatoms. The fourth-order valence-corrected chi connectivity index (χ4v) is 1.63. The lowest BCUT2D eigenvalue weighted by atomic mass is 10.3. The first-order valence-corrected chi connectivity index (χ1v) is 5.33. The van der Waals surface area contributed by atoms with Gasteiger partial charge < -0.3 is 20.2 Å². The Labute approximate surface area is 103 Å². The van der Waals surface area contributed by atoms with Gasteiger partial charge in [-0.25, -0.2) is 9.78 Å². The van der Waals surface area contributed by atoms with Crippen LogP contribution in [0.25, 0.3) is 0 Å². The number of anilines is 1. The van der Waals surface area contributed by atoms with E-state index in [9.17, 15) is 4.79 Å². The largest absolute Gasteiger partial charge is 0.478 e. The zero-order valence-corrected chi connectivity index (χ0v) is 9.76. The van der Waals surface area contributed by atoms with E-state index in [1.54, 1.807) is 4.90 Å². The lowest BCUT2D eigenvalue weighted by Crippen LogP contribution is -2.30. The average molecular weight is 261 g/mol. The summed E-state index contributed by atoms with van der Waals surface area (Å²) >= 11 is 5.91. The molecular weight excluding hydrogens is 248 g/mol. The van der Waals surface area contributed by atoms with Crippen LogP contribution in [0.4, 0.5) is 5.82 Å². The summed E-state index contributed by atoms with van der Waals surface area (Å²) in [5.74, 6) is -0.762. The van der Waals surface area contributed by atoms with E-state index in [2.05, 4.69) is 4.98 Å². The first kappa shape index (κ1) is 13.7. The van der Waals surface area contributed by atoms with E-state index in [0.29, 0.717) is 5.82 Å². The van der Waals surface area contributed by atoms with Crippen LogP contribution >= 0.6 is 11.6 Å². The maximum Gasteiger partial charge on any atom is 0.337 e. The normalized spacial score (nSPS) is 10.3. The van der Waals surface area contributed by atoms with E-state index in [1.807, 2.05) is 0 Å². The minimum Gasteiger partial charge on any atom is -0.478 e. The number of pyridine rings is 1. The van der Waals surface area contributed by atoms with E-state index in [0.717, 1.165) is 0 Å². The average Bonchev–Trinajstić information content (AvgIpc) is 2.28. The Morgan fingerprint density at radius 2 is 1.94 bits per heavy atom. The molecule has 3 N–H and O–H groups in total. The molecule has 17 heavy (non-hydrogen) atoms. The van der Waals surface area contributed by atoms with Gasteiger partial charge in [0.15, 0.2) is 0 Å². The van der Waals surface area contributed by atoms with Gasteiger partial charge in [-0.15, -0.1) is 0 Å². The number of aliphatic hydroxyl groups excluding tert-OH is 2. The summed E-state index contributed by atoms with van der Waals surface area (Å²) in [6.45, 7) is 0.302. The molecule has 0 aliphatic rings. The van der Waals surface area contributed by atoms with Crippen LogP contribution in [0.5, 0.6) is 0 Å². The summed E-state index contributed by atoms with van der Waals surface area (Å²) in [5, 5.41) is 26.7. The predicted molar refractivity (Wildman–Crippen MR) is 62.6 cm³/mol. The third kappa shape index (κ3) is 3.55. The quantitative estimate of drug-likeness (QED) is 0.678. The van der Waals surface area contributed by atoms with E-state index in [1.165, 1.54) is 12.3 Å². The Morgan fingerprint density at radius 1 is 1.35 bits per heavy atom. The van der Waals surface area contributed by atoms with Crippen molar-refractivity contribution < 1.29 is 20.1 Å². The van der Waals surface area contributed by atoms with E-state index >= 15 is 0 Å². The summed E-state index contributed by atoms with van der Waals surface area (Å²) in [6.07, 6.45) is 1.19. The molecule has 1 heterocycles. The second-order valence-corrected chi connectivity index (χ2v) is 3.68. The zero-order chi connectivity index (χ0) is 12.8. The van der Waals surface area contributed by atoms with Crippen molar-refractivity contribution in [1.82, 2.24) is 4.98 Å². The van der Waals surface area contributed by atoms with Crippen molar-refractivity contribution in [2.75, 3.05) is 31.2 Å². The summed E-state index contributed by atoms with van der Waals surface area (Å²) in [4.78, 5) is 16.2. The van der Waals surface area contributed by atoms with Crippen LogP contribution in [0.3, 0.4) is 0 Å². The topological polar surface area (TPSA) is 93.9 Å². The van der Waals surface area contributed by atoms with Gasteiger partial charge in [0.05, 0.1) is 23.8 Å². The minimum atomic E-state index is -1.11. The number of aromatic carboxylic acids is 1. The minimum absolute atomic E-state index is 0.00769. The van der Waals surface area contributed by atoms with Crippen LogP contribution < -0.4 is 4.90 Å².